The van der Waals surface area contributed by atoms with E-state index in [0.29, 0.717) is 5.56 Å². The van der Waals surface area contributed by atoms with E-state index in [1.807, 2.05) is 18.2 Å². The normalized spacial score (nSPS) is 11.8. The molecule has 0 aliphatic heterocycles. The molecule has 0 radical (unpaired) electrons. The summed E-state index contributed by atoms with van der Waals surface area (Å²) in [6.45, 7) is 0. The van der Waals surface area contributed by atoms with Gasteiger partial charge < -0.3 is 4.74 Å². The van der Waals surface area contributed by atoms with Gasteiger partial charge in [0.1, 0.15) is 10.6 Å². The van der Waals surface area contributed by atoms with Gasteiger partial charge in [0.05, 0.1) is 17.7 Å². The molecule has 9 heteroatoms. The van der Waals surface area contributed by atoms with E-state index < -0.39 is 20.0 Å². The molecule has 28 heavy (non-hydrogen) atoms. The molecule has 146 valence electrons. The minimum atomic E-state index is -4.10. The Balaban J connectivity index is 2.05. The van der Waals surface area contributed by atoms with Crippen LogP contribution in [0.25, 0.3) is 11.1 Å². The van der Waals surface area contributed by atoms with E-state index in [2.05, 4.69) is 4.72 Å². The molecule has 0 unspecified atom stereocenters. The van der Waals surface area contributed by atoms with Gasteiger partial charge in [-0.15, -0.1) is 0 Å². The van der Waals surface area contributed by atoms with Gasteiger partial charge in [-0.05, 0) is 29.8 Å². The average Bonchev–Trinajstić information content (AvgIpc) is 2.68. The number of methoxy groups -OCH3 is 1. The number of hydrogen-bond donors (Lipinski definition) is 2. The van der Waals surface area contributed by atoms with Crippen LogP contribution in [0, 0.1) is 0 Å². The number of hydrogen-bond acceptors (Lipinski definition) is 5. The number of nitrogens with two attached hydrogens (primary N) is 1. The molecule has 0 heterocycles. The number of benzene rings is 3. The summed E-state index contributed by atoms with van der Waals surface area (Å²) < 4.78 is 56.9. The first kappa shape index (κ1) is 19.9. The first-order valence-electron chi connectivity index (χ1n) is 8.10. The standard InChI is InChI=1S/C19H18N2O5S2/c1-26-17-12-11-15(13-19(17)27(20,22)23)21-28(24,25)18-10-6-5-9-16(18)14-7-3-2-4-8-14/h2-13,21H,1H3,(H2,20,22,23). The first-order chi connectivity index (χ1) is 13.2. The molecule has 0 spiro atoms. The van der Waals surface area contributed by atoms with Crippen LogP contribution in [0.2, 0.25) is 0 Å². The van der Waals surface area contributed by atoms with Crippen LogP contribution in [0.5, 0.6) is 5.75 Å². The SMILES string of the molecule is COc1ccc(NS(=O)(=O)c2ccccc2-c2ccccc2)cc1S(N)(=O)=O. The molecule has 7 nitrogen and oxygen atoms in total. The maximum atomic E-state index is 13.0. The highest BCUT2D eigenvalue weighted by Gasteiger charge is 2.21. The van der Waals surface area contributed by atoms with Crippen molar-refractivity contribution in [3.8, 4) is 16.9 Å². The van der Waals surface area contributed by atoms with E-state index in [1.165, 1.54) is 25.3 Å². The van der Waals surface area contributed by atoms with Crippen LogP contribution in [0.1, 0.15) is 0 Å². The second-order valence-electron chi connectivity index (χ2n) is 5.88. The topological polar surface area (TPSA) is 116 Å². The third-order valence-electron chi connectivity index (χ3n) is 3.98. The van der Waals surface area contributed by atoms with E-state index >= 15 is 0 Å². The molecule has 3 rings (SSSR count). The quantitative estimate of drug-likeness (QED) is 0.639. The predicted octanol–water partition coefficient (Wildman–Crippen LogP) is 2.81. The Labute approximate surface area is 163 Å². The van der Waals surface area contributed by atoms with Gasteiger partial charge in [-0.1, -0.05) is 48.5 Å². The second-order valence-corrected chi connectivity index (χ2v) is 9.06. The molecule has 0 bridgehead atoms. The third kappa shape index (κ3) is 4.16. The molecule has 0 aliphatic rings. The van der Waals surface area contributed by atoms with Crippen LogP contribution in [0.15, 0.2) is 82.6 Å². The molecule has 0 saturated carbocycles. The highest BCUT2D eigenvalue weighted by molar-refractivity contribution is 7.93. The summed E-state index contributed by atoms with van der Waals surface area (Å²) in [5, 5.41) is 5.19. The maximum Gasteiger partial charge on any atom is 0.262 e. The van der Waals surface area contributed by atoms with Gasteiger partial charge in [-0.2, -0.15) is 0 Å². The maximum absolute atomic E-state index is 13.0. The zero-order chi connectivity index (χ0) is 20.4. The van der Waals surface area contributed by atoms with Crippen molar-refractivity contribution in [2.45, 2.75) is 9.79 Å². The minimum Gasteiger partial charge on any atom is -0.495 e. The van der Waals surface area contributed by atoms with Crippen molar-refractivity contribution in [3.05, 3.63) is 72.8 Å². The fourth-order valence-electron chi connectivity index (χ4n) is 2.73. The summed E-state index contributed by atoms with van der Waals surface area (Å²) in [7, 11) is -6.80. The van der Waals surface area contributed by atoms with Gasteiger partial charge in [0.15, 0.2) is 0 Å². The lowest BCUT2D eigenvalue weighted by atomic mass is 10.1. The van der Waals surface area contributed by atoms with Crippen molar-refractivity contribution in [2.75, 3.05) is 11.8 Å². The Morgan fingerprint density at radius 3 is 2.11 bits per heavy atom. The summed E-state index contributed by atoms with van der Waals surface area (Å²) in [5.41, 5.74) is 1.31. The van der Waals surface area contributed by atoms with Crippen LogP contribution in [0.3, 0.4) is 0 Å². The molecule has 0 aromatic heterocycles. The van der Waals surface area contributed by atoms with E-state index in [0.717, 1.165) is 11.6 Å². The van der Waals surface area contributed by atoms with Gasteiger partial charge in [0.25, 0.3) is 10.0 Å². The molecule has 3 aromatic rings. The summed E-state index contributed by atoms with van der Waals surface area (Å²) in [5.74, 6) is 0.0233. The Bertz CT molecular complexity index is 1210. The van der Waals surface area contributed by atoms with E-state index in [9.17, 15) is 16.8 Å². The molecular formula is C19H18N2O5S2. The van der Waals surface area contributed by atoms with Crippen molar-refractivity contribution < 1.29 is 21.6 Å². The van der Waals surface area contributed by atoms with E-state index in [-0.39, 0.29) is 21.2 Å². The number of anilines is 1. The number of nitrogens with one attached hydrogen (secondary N) is 1. The number of rotatable bonds is 6. The van der Waals surface area contributed by atoms with Gasteiger partial charge >= 0.3 is 0 Å². The number of sulfonamides is 2. The highest BCUT2D eigenvalue weighted by atomic mass is 32.2. The fourth-order valence-corrected chi connectivity index (χ4v) is 4.73. The van der Waals surface area contributed by atoms with Gasteiger partial charge in [-0.3, -0.25) is 4.72 Å². The third-order valence-corrected chi connectivity index (χ3v) is 6.36. The Hall–Kier alpha value is -2.88. The number of primary sulfonamides is 1. The van der Waals surface area contributed by atoms with E-state index in [4.69, 9.17) is 9.88 Å². The van der Waals surface area contributed by atoms with Gasteiger partial charge in [-0.25, -0.2) is 22.0 Å². The van der Waals surface area contributed by atoms with Crippen LogP contribution >= 0.6 is 0 Å². The lowest BCUT2D eigenvalue weighted by Crippen LogP contribution is -2.16. The van der Waals surface area contributed by atoms with Crippen molar-refractivity contribution in [1.82, 2.24) is 0 Å². The molecule has 0 fully saturated rings. The van der Waals surface area contributed by atoms with Crippen LogP contribution < -0.4 is 14.6 Å². The van der Waals surface area contributed by atoms with Crippen molar-refractivity contribution in [2.24, 2.45) is 5.14 Å². The average molecular weight is 418 g/mol. The van der Waals surface area contributed by atoms with Crippen molar-refractivity contribution in [3.63, 3.8) is 0 Å². The van der Waals surface area contributed by atoms with Gasteiger partial charge in [0, 0.05) is 5.56 Å². The minimum absolute atomic E-state index is 0.0233. The smallest absolute Gasteiger partial charge is 0.262 e. The molecule has 0 saturated heterocycles. The highest BCUT2D eigenvalue weighted by Crippen LogP contribution is 2.30. The largest absolute Gasteiger partial charge is 0.495 e. The fraction of sp³-hybridized carbons (Fsp3) is 0.0526. The summed E-state index contributed by atoms with van der Waals surface area (Å²) in [6.07, 6.45) is 0. The van der Waals surface area contributed by atoms with Crippen LogP contribution in [-0.4, -0.2) is 23.9 Å². The van der Waals surface area contributed by atoms with E-state index in [1.54, 1.807) is 30.3 Å². The van der Waals surface area contributed by atoms with Crippen LogP contribution in [0.4, 0.5) is 5.69 Å². The zero-order valence-electron chi connectivity index (χ0n) is 14.9. The van der Waals surface area contributed by atoms with Crippen molar-refractivity contribution in [1.29, 1.82) is 0 Å². The summed E-state index contributed by atoms with van der Waals surface area (Å²) in [4.78, 5) is -0.249. The molecule has 0 aliphatic carbocycles. The molecule has 0 amide bonds. The summed E-state index contributed by atoms with van der Waals surface area (Å²) in [6, 6.07) is 19.5. The monoisotopic (exact) mass is 418 g/mol. The predicted molar refractivity (Wildman–Crippen MR) is 107 cm³/mol. The molecular weight excluding hydrogens is 400 g/mol. The molecule has 0 atom stereocenters. The second kappa shape index (κ2) is 7.63. The Morgan fingerprint density at radius 2 is 1.46 bits per heavy atom. The lowest BCUT2D eigenvalue weighted by molar-refractivity contribution is 0.403. The Kier molecular flexibility index (Phi) is 5.41. The lowest BCUT2D eigenvalue weighted by Gasteiger charge is -2.14. The summed E-state index contributed by atoms with van der Waals surface area (Å²) >= 11 is 0. The Morgan fingerprint density at radius 1 is 0.821 bits per heavy atom. The molecule has 3 aromatic carbocycles. The molecule has 3 N–H and O–H groups in total. The first-order valence-corrected chi connectivity index (χ1v) is 11.1. The van der Waals surface area contributed by atoms with Crippen molar-refractivity contribution >= 4 is 25.7 Å². The van der Waals surface area contributed by atoms with Gasteiger partial charge in [0.2, 0.25) is 10.0 Å². The number of ether oxygens (including phenoxy) is 1. The van der Waals surface area contributed by atoms with Crippen LogP contribution in [-0.2, 0) is 20.0 Å². The zero-order valence-corrected chi connectivity index (χ0v) is 16.5.